The van der Waals surface area contributed by atoms with E-state index < -0.39 is 0 Å². The Morgan fingerprint density at radius 1 is 1.43 bits per heavy atom. The largest absolute Gasteiger partial charge is 0.376 e. The van der Waals surface area contributed by atoms with Gasteiger partial charge in [-0.15, -0.1) is 5.10 Å². The fraction of sp³-hybridized carbons (Fsp3) is 0.400. The van der Waals surface area contributed by atoms with Crippen LogP contribution in [0.4, 0.5) is 5.69 Å². The summed E-state index contributed by atoms with van der Waals surface area (Å²) in [6, 6.07) is 9.25. The zero-order valence-electron chi connectivity index (χ0n) is 12.5. The lowest BCUT2D eigenvalue weighted by atomic mass is 10.2. The highest BCUT2D eigenvalue weighted by atomic mass is 32.2. The van der Waals surface area contributed by atoms with E-state index in [1.165, 1.54) is 16.3 Å². The van der Waals surface area contributed by atoms with Gasteiger partial charge in [-0.3, -0.25) is 9.36 Å². The predicted molar refractivity (Wildman–Crippen MR) is 87.6 cm³/mol. The minimum Gasteiger partial charge on any atom is -0.376 e. The van der Waals surface area contributed by atoms with Gasteiger partial charge in [0.2, 0.25) is 5.91 Å². The van der Waals surface area contributed by atoms with Gasteiger partial charge in [-0.05, 0) is 25.0 Å². The molecular formula is C15H18N4O3S. The summed E-state index contributed by atoms with van der Waals surface area (Å²) in [5.41, 5.74) is 0.475. The van der Waals surface area contributed by atoms with Gasteiger partial charge in [0, 0.05) is 12.3 Å². The van der Waals surface area contributed by atoms with Crippen molar-refractivity contribution in [1.29, 1.82) is 0 Å². The number of ether oxygens (including phenoxy) is 1. The topological polar surface area (TPSA) is 89.0 Å². The summed E-state index contributed by atoms with van der Waals surface area (Å²) in [6.45, 7) is 1.21. The van der Waals surface area contributed by atoms with Crippen LogP contribution in [-0.4, -0.2) is 39.1 Å². The van der Waals surface area contributed by atoms with E-state index in [0.717, 1.165) is 25.1 Å². The van der Waals surface area contributed by atoms with Gasteiger partial charge in [-0.1, -0.05) is 30.0 Å². The number of nitrogens with one attached hydrogen (secondary N) is 2. The van der Waals surface area contributed by atoms with E-state index in [2.05, 4.69) is 15.5 Å². The Labute approximate surface area is 137 Å². The second-order valence-electron chi connectivity index (χ2n) is 5.26. The van der Waals surface area contributed by atoms with Gasteiger partial charge >= 0.3 is 5.69 Å². The number of aromatic nitrogens is 3. The van der Waals surface area contributed by atoms with Gasteiger partial charge in [-0.2, -0.15) is 0 Å². The van der Waals surface area contributed by atoms with Crippen LogP contribution in [0.2, 0.25) is 0 Å². The molecule has 1 aliphatic heterocycles. The number of anilines is 1. The van der Waals surface area contributed by atoms with Crippen LogP contribution in [-0.2, 0) is 16.1 Å². The van der Waals surface area contributed by atoms with Crippen molar-refractivity contribution in [2.75, 3.05) is 17.7 Å². The number of aromatic amines is 1. The molecule has 1 atom stereocenters. The highest BCUT2D eigenvalue weighted by Gasteiger charge is 2.20. The average molecular weight is 334 g/mol. The Morgan fingerprint density at radius 2 is 2.26 bits per heavy atom. The number of hydrogen-bond donors (Lipinski definition) is 2. The predicted octanol–water partition coefficient (Wildman–Crippen LogP) is 1.48. The third kappa shape index (κ3) is 4.23. The smallest absolute Gasteiger partial charge is 0.344 e. The molecule has 1 aromatic heterocycles. The van der Waals surface area contributed by atoms with Crippen molar-refractivity contribution in [3.8, 4) is 0 Å². The number of hydrogen-bond acceptors (Lipinski definition) is 5. The molecule has 2 heterocycles. The van der Waals surface area contributed by atoms with E-state index in [4.69, 9.17) is 4.74 Å². The quantitative estimate of drug-likeness (QED) is 0.781. The second-order valence-corrected chi connectivity index (χ2v) is 6.20. The maximum atomic E-state index is 12.0. The molecule has 2 N–H and O–H groups in total. The summed E-state index contributed by atoms with van der Waals surface area (Å²) in [4.78, 5) is 23.8. The molecule has 1 fully saturated rings. The van der Waals surface area contributed by atoms with E-state index in [0.29, 0.717) is 11.7 Å². The number of thioether (sulfide) groups is 1. The third-order valence-corrected chi connectivity index (χ3v) is 4.50. The van der Waals surface area contributed by atoms with Crippen LogP contribution in [0.3, 0.4) is 0 Å². The van der Waals surface area contributed by atoms with Crippen LogP contribution < -0.4 is 11.0 Å². The zero-order valence-corrected chi connectivity index (χ0v) is 13.3. The minimum absolute atomic E-state index is 0.0443. The van der Waals surface area contributed by atoms with Gasteiger partial charge in [-0.25, -0.2) is 9.89 Å². The molecule has 0 unspecified atom stereocenters. The first-order valence-electron chi connectivity index (χ1n) is 7.47. The molecule has 8 heteroatoms. The molecular weight excluding hydrogens is 316 g/mol. The third-order valence-electron chi connectivity index (χ3n) is 3.52. The Kier molecular flexibility index (Phi) is 5.14. The molecule has 0 saturated carbocycles. The molecule has 23 heavy (non-hydrogen) atoms. The van der Waals surface area contributed by atoms with Crippen LogP contribution in [0.15, 0.2) is 40.3 Å². The summed E-state index contributed by atoms with van der Waals surface area (Å²) in [7, 11) is 0. The Morgan fingerprint density at radius 3 is 3.00 bits per heavy atom. The van der Waals surface area contributed by atoms with Crippen molar-refractivity contribution in [1.82, 2.24) is 14.8 Å². The van der Waals surface area contributed by atoms with Gasteiger partial charge in [0.15, 0.2) is 5.16 Å². The average Bonchev–Trinajstić information content (AvgIpc) is 3.18. The molecule has 122 valence electrons. The Balaban J connectivity index is 1.57. The maximum absolute atomic E-state index is 12.0. The van der Waals surface area contributed by atoms with E-state index >= 15 is 0 Å². The van der Waals surface area contributed by atoms with Gasteiger partial charge < -0.3 is 10.1 Å². The normalized spacial score (nSPS) is 17.3. The number of carbonyl (C=O) groups excluding carboxylic acids is 1. The lowest BCUT2D eigenvalue weighted by molar-refractivity contribution is -0.113. The van der Waals surface area contributed by atoms with Crippen LogP contribution in [0.5, 0.6) is 0 Å². The number of rotatable bonds is 6. The molecule has 1 amide bonds. The lowest BCUT2D eigenvalue weighted by Gasteiger charge is -2.11. The monoisotopic (exact) mass is 334 g/mol. The summed E-state index contributed by atoms with van der Waals surface area (Å²) in [5.74, 6) is 0.0466. The number of nitrogens with zero attached hydrogens (tertiary/aromatic N) is 2. The lowest BCUT2D eigenvalue weighted by Crippen LogP contribution is -2.25. The van der Waals surface area contributed by atoms with E-state index in [1.54, 1.807) is 0 Å². The highest BCUT2D eigenvalue weighted by molar-refractivity contribution is 7.99. The van der Waals surface area contributed by atoms with E-state index in [-0.39, 0.29) is 23.5 Å². The Hall–Kier alpha value is -2.06. The first kappa shape index (κ1) is 15.8. The number of carbonyl (C=O) groups is 1. The number of H-pyrrole nitrogens is 1. The molecule has 7 nitrogen and oxygen atoms in total. The van der Waals surface area contributed by atoms with Crippen molar-refractivity contribution in [3.05, 3.63) is 40.8 Å². The maximum Gasteiger partial charge on any atom is 0.344 e. The fourth-order valence-corrected chi connectivity index (χ4v) is 3.17. The molecule has 0 aliphatic carbocycles. The minimum atomic E-state index is -0.272. The summed E-state index contributed by atoms with van der Waals surface area (Å²) in [5, 5.41) is 9.73. The van der Waals surface area contributed by atoms with Crippen molar-refractivity contribution in [3.63, 3.8) is 0 Å². The van der Waals surface area contributed by atoms with Crippen molar-refractivity contribution in [2.45, 2.75) is 30.6 Å². The van der Waals surface area contributed by atoms with Crippen LogP contribution in [0.25, 0.3) is 0 Å². The summed E-state index contributed by atoms with van der Waals surface area (Å²) >= 11 is 1.23. The highest BCUT2D eigenvalue weighted by Crippen LogP contribution is 2.18. The molecule has 2 aromatic rings. The van der Waals surface area contributed by atoms with Crippen molar-refractivity contribution < 1.29 is 9.53 Å². The van der Waals surface area contributed by atoms with Crippen LogP contribution in [0.1, 0.15) is 12.8 Å². The van der Waals surface area contributed by atoms with Gasteiger partial charge in [0.1, 0.15) is 0 Å². The number of para-hydroxylation sites is 1. The van der Waals surface area contributed by atoms with Crippen molar-refractivity contribution >= 4 is 23.4 Å². The van der Waals surface area contributed by atoms with Crippen molar-refractivity contribution in [2.24, 2.45) is 0 Å². The fourth-order valence-electron chi connectivity index (χ4n) is 2.42. The van der Waals surface area contributed by atoms with E-state index in [1.807, 2.05) is 30.3 Å². The summed E-state index contributed by atoms with van der Waals surface area (Å²) in [6.07, 6.45) is 2.00. The van der Waals surface area contributed by atoms with Gasteiger partial charge in [0.05, 0.1) is 18.4 Å². The molecule has 1 saturated heterocycles. The Bertz CT molecular complexity index is 707. The van der Waals surface area contributed by atoms with Crippen LogP contribution in [0, 0.1) is 0 Å². The molecule has 1 aromatic carbocycles. The number of benzene rings is 1. The second kappa shape index (κ2) is 7.47. The first-order valence-corrected chi connectivity index (χ1v) is 8.45. The van der Waals surface area contributed by atoms with Gasteiger partial charge in [0.25, 0.3) is 0 Å². The van der Waals surface area contributed by atoms with E-state index in [9.17, 15) is 9.59 Å². The molecule has 0 spiro atoms. The first-order chi connectivity index (χ1) is 11.2. The molecule has 3 rings (SSSR count). The molecule has 0 bridgehead atoms. The molecule has 0 radical (unpaired) electrons. The summed E-state index contributed by atoms with van der Waals surface area (Å²) < 4.78 is 7.09. The molecule has 1 aliphatic rings. The zero-order chi connectivity index (χ0) is 16.1. The van der Waals surface area contributed by atoms with Crippen LogP contribution >= 0.6 is 11.8 Å². The number of amides is 1. The SMILES string of the molecule is O=C(CSc1n[nH]c(=O)n1C[C@H]1CCCO1)Nc1ccccc1. The standard InChI is InChI=1S/C15H18N4O3S/c20-13(16-11-5-2-1-3-6-11)10-23-15-18-17-14(21)19(15)9-12-7-4-8-22-12/h1-3,5-6,12H,4,7-10H2,(H,16,20)(H,17,21)/t12-/m1/s1.